The Hall–Kier alpha value is -4.39. The summed E-state index contributed by atoms with van der Waals surface area (Å²) in [6.07, 6.45) is 1.04. The Balaban J connectivity index is 1.92. The van der Waals surface area contributed by atoms with Gasteiger partial charge in [-0.25, -0.2) is 0 Å². The van der Waals surface area contributed by atoms with Crippen molar-refractivity contribution >= 4 is 35.9 Å². The van der Waals surface area contributed by atoms with Gasteiger partial charge in [-0.15, -0.1) is 0 Å². The first-order valence-electron chi connectivity index (χ1n) is 9.71. The Morgan fingerprint density at radius 2 is 1.44 bits per heavy atom. The molecule has 3 rings (SSSR count). The third kappa shape index (κ3) is 4.67. The van der Waals surface area contributed by atoms with Gasteiger partial charge in [0.25, 0.3) is 11.8 Å². The van der Waals surface area contributed by atoms with Crippen molar-refractivity contribution in [2.45, 2.75) is 6.92 Å². The van der Waals surface area contributed by atoms with Crippen LogP contribution in [0.15, 0.2) is 60.7 Å². The zero-order valence-electron chi connectivity index (χ0n) is 17.5. The number of rotatable bonds is 7. The molecule has 0 spiro atoms. The molecule has 0 unspecified atom stereocenters. The Bertz CT molecular complexity index is 1250. The zero-order chi connectivity index (χ0) is 23.3. The normalized spacial score (nSPS) is 10.2. The highest BCUT2D eigenvalue weighted by molar-refractivity contribution is 6.14. The van der Waals surface area contributed by atoms with E-state index in [0.717, 1.165) is 5.56 Å². The molecular weight excluding hydrogens is 408 g/mol. The van der Waals surface area contributed by atoms with Crippen LogP contribution in [0.1, 0.15) is 62.9 Å². The van der Waals surface area contributed by atoms with E-state index < -0.39 is 17.6 Å². The maximum atomic E-state index is 13.0. The van der Waals surface area contributed by atoms with Gasteiger partial charge in [-0.05, 0) is 42.8 Å². The van der Waals surface area contributed by atoms with Crippen molar-refractivity contribution in [3.8, 4) is 0 Å². The fourth-order valence-electron chi connectivity index (χ4n) is 3.23. The number of nitrogens with one attached hydrogen (secondary N) is 2. The molecule has 2 amide bonds. The van der Waals surface area contributed by atoms with Crippen LogP contribution in [-0.4, -0.2) is 37.2 Å². The molecule has 32 heavy (non-hydrogen) atoms. The van der Waals surface area contributed by atoms with E-state index in [1.807, 2.05) is 13.0 Å². The highest BCUT2D eigenvalue weighted by Gasteiger charge is 2.18. The number of aldehydes is 2. The van der Waals surface area contributed by atoms with E-state index in [1.165, 1.54) is 43.4 Å². The van der Waals surface area contributed by atoms with Crippen molar-refractivity contribution in [2.75, 3.05) is 12.4 Å². The van der Waals surface area contributed by atoms with Crippen LogP contribution >= 0.6 is 0 Å². The number of carbonyl (C=O) groups is 5. The van der Waals surface area contributed by atoms with Crippen LogP contribution < -0.4 is 10.6 Å². The molecule has 0 aliphatic carbocycles. The van der Waals surface area contributed by atoms with Crippen molar-refractivity contribution in [3.05, 3.63) is 99.6 Å². The first-order valence-corrected chi connectivity index (χ1v) is 9.71. The summed E-state index contributed by atoms with van der Waals surface area (Å²) in [5, 5.41) is 5.16. The third-order valence-electron chi connectivity index (χ3n) is 4.88. The van der Waals surface area contributed by atoms with Gasteiger partial charge in [0.1, 0.15) is 0 Å². The van der Waals surface area contributed by atoms with Crippen LogP contribution in [0.2, 0.25) is 0 Å². The van der Waals surface area contributed by atoms with Gasteiger partial charge in [0, 0.05) is 35.0 Å². The van der Waals surface area contributed by atoms with Crippen molar-refractivity contribution in [3.63, 3.8) is 0 Å². The van der Waals surface area contributed by atoms with Gasteiger partial charge in [-0.2, -0.15) is 0 Å². The minimum atomic E-state index is -0.501. The number of carbonyl (C=O) groups excluding carboxylic acids is 5. The SMILES string of the molecule is CNC(=O)c1cc(C(=O)c2ccc(C(=O)Nc3cccc(C)c3)c(C=O)c2)ccc1C=O. The van der Waals surface area contributed by atoms with Crippen LogP contribution in [0.4, 0.5) is 5.69 Å². The number of amides is 2. The van der Waals surface area contributed by atoms with Crippen LogP contribution in [0.3, 0.4) is 0 Å². The second-order valence-corrected chi connectivity index (χ2v) is 7.07. The average Bonchev–Trinajstić information content (AvgIpc) is 2.82. The lowest BCUT2D eigenvalue weighted by molar-refractivity contribution is 0.0956. The molecule has 7 heteroatoms. The van der Waals surface area contributed by atoms with E-state index in [4.69, 9.17) is 0 Å². The number of anilines is 1. The van der Waals surface area contributed by atoms with E-state index >= 15 is 0 Å². The summed E-state index contributed by atoms with van der Waals surface area (Å²) in [5.74, 6) is -1.44. The van der Waals surface area contributed by atoms with E-state index in [9.17, 15) is 24.0 Å². The second-order valence-electron chi connectivity index (χ2n) is 7.07. The van der Waals surface area contributed by atoms with Crippen molar-refractivity contribution < 1.29 is 24.0 Å². The van der Waals surface area contributed by atoms with E-state index in [1.54, 1.807) is 18.2 Å². The quantitative estimate of drug-likeness (QED) is 0.442. The fourth-order valence-corrected chi connectivity index (χ4v) is 3.23. The smallest absolute Gasteiger partial charge is 0.256 e. The van der Waals surface area contributed by atoms with Gasteiger partial charge in [0.05, 0.1) is 11.1 Å². The summed E-state index contributed by atoms with van der Waals surface area (Å²) in [6.45, 7) is 1.89. The lowest BCUT2D eigenvalue weighted by Gasteiger charge is -2.10. The average molecular weight is 428 g/mol. The van der Waals surface area contributed by atoms with Crippen molar-refractivity contribution in [1.29, 1.82) is 0 Å². The summed E-state index contributed by atoms with van der Waals surface area (Å²) >= 11 is 0. The first-order chi connectivity index (χ1) is 15.4. The molecule has 0 heterocycles. The molecule has 0 aliphatic heterocycles. The number of hydrogen-bond donors (Lipinski definition) is 2. The lowest BCUT2D eigenvalue weighted by Crippen LogP contribution is -2.20. The van der Waals surface area contributed by atoms with Crippen LogP contribution in [0.5, 0.6) is 0 Å². The standard InChI is InChI=1S/C25H20N2O5/c1-15-4-3-5-20(10-15)27-25(32)21-9-8-16(11-19(21)14-29)23(30)17-6-7-18(13-28)22(12-17)24(31)26-2/h3-14H,1-2H3,(H,26,31)(H,27,32). The topological polar surface area (TPSA) is 109 Å². The van der Waals surface area contributed by atoms with Crippen LogP contribution in [-0.2, 0) is 0 Å². The van der Waals surface area contributed by atoms with Crippen molar-refractivity contribution in [1.82, 2.24) is 5.32 Å². The molecule has 0 fully saturated rings. The predicted octanol–water partition coefficient (Wildman–Crippen LogP) is 3.46. The molecule has 7 nitrogen and oxygen atoms in total. The highest BCUT2D eigenvalue weighted by atomic mass is 16.2. The van der Waals surface area contributed by atoms with Gasteiger partial charge in [-0.3, -0.25) is 24.0 Å². The molecule has 0 radical (unpaired) electrons. The van der Waals surface area contributed by atoms with Crippen LogP contribution in [0.25, 0.3) is 0 Å². The molecule has 160 valence electrons. The minimum Gasteiger partial charge on any atom is -0.355 e. The van der Waals surface area contributed by atoms with E-state index in [2.05, 4.69) is 10.6 Å². The number of aryl methyl sites for hydroxylation is 1. The number of ketones is 1. The number of benzene rings is 3. The largest absolute Gasteiger partial charge is 0.355 e. The molecule has 2 N–H and O–H groups in total. The molecule has 0 atom stereocenters. The highest BCUT2D eigenvalue weighted by Crippen LogP contribution is 2.19. The summed E-state index contributed by atoms with van der Waals surface area (Å²) in [6, 6.07) is 15.5. The predicted molar refractivity (Wildman–Crippen MR) is 120 cm³/mol. The minimum absolute atomic E-state index is 0.0528. The molecule has 3 aromatic carbocycles. The fraction of sp³-hybridized carbons (Fsp3) is 0.0800. The molecule has 0 aliphatic rings. The maximum Gasteiger partial charge on any atom is 0.256 e. The molecule has 0 bridgehead atoms. The van der Waals surface area contributed by atoms with E-state index in [0.29, 0.717) is 18.3 Å². The Morgan fingerprint density at radius 3 is 2.09 bits per heavy atom. The summed E-state index contributed by atoms with van der Waals surface area (Å²) in [5.41, 5.74) is 2.29. The first kappa shape index (κ1) is 22.3. The maximum absolute atomic E-state index is 13.0. The molecule has 0 saturated heterocycles. The summed E-state index contributed by atoms with van der Waals surface area (Å²) in [7, 11) is 1.42. The summed E-state index contributed by atoms with van der Waals surface area (Å²) < 4.78 is 0. The van der Waals surface area contributed by atoms with E-state index in [-0.39, 0.29) is 33.4 Å². The van der Waals surface area contributed by atoms with Crippen LogP contribution in [0, 0.1) is 6.92 Å². The lowest BCUT2D eigenvalue weighted by atomic mass is 9.95. The Kier molecular flexibility index (Phi) is 6.70. The molecule has 0 saturated carbocycles. The second kappa shape index (κ2) is 9.61. The van der Waals surface area contributed by atoms with Gasteiger partial charge in [-0.1, -0.05) is 30.3 Å². The zero-order valence-corrected chi connectivity index (χ0v) is 17.5. The van der Waals surface area contributed by atoms with Gasteiger partial charge < -0.3 is 10.6 Å². The van der Waals surface area contributed by atoms with Gasteiger partial charge in [0.15, 0.2) is 18.4 Å². The van der Waals surface area contributed by atoms with Gasteiger partial charge in [0.2, 0.25) is 0 Å². The third-order valence-corrected chi connectivity index (χ3v) is 4.88. The molecular formula is C25H20N2O5. The monoisotopic (exact) mass is 428 g/mol. The Labute approximate surface area is 184 Å². The Morgan fingerprint density at radius 1 is 0.750 bits per heavy atom. The van der Waals surface area contributed by atoms with Gasteiger partial charge >= 0.3 is 0 Å². The van der Waals surface area contributed by atoms with Crippen molar-refractivity contribution in [2.24, 2.45) is 0 Å². The molecule has 3 aromatic rings. The molecule has 0 aromatic heterocycles. The summed E-state index contributed by atoms with van der Waals surface area (Å²) in [4.78, 5) is 60.4. The number of hydrogen-bond acceptors (Lipinski definition) is 5.